The molecule has 0 saturated heterocycles. The highest BCUT2D eigenvalue weighted by atomic mass is 35.5. The zero-order valence-corrected chi connectivity index (χ0v) is 12.2. The lowest BCUT2D eigenvalue weighted by Crippen LogP contribution is -2.45. The molecule has 2 rings (SSSR count). The van der Waals surface area contributed by atoms with Crippen LogP contribution in [0.15, 0.2) is 36.9 Å². The molecular weight excluding hydrogens is 283 g/mol. The van der Waals surface area contributed by atoms with Crippen molar-refractivity contribution in [2.75, 3.05) is 6.54 Å². The summed E-state index contributed by atoms with van der Waals surface area (Å²) in [7, 11) is 0. The maximum Gasteiger partial charge on any atom is 0.243 e. The summed E-state index contributed by atoms with van der Waals surface area (Å²) >= 11 is 6.11. The summed E-state index contributed by atoms with van der Waals surface area (Å²) in [5, 5.41) is 0.668. The minimum absolute atomic E-state index is 0. The minimum Gasteiger partial charge on any atom is -0.333 e. The fraction of sp³-hybridized carbons (Fsp3) is 0.357. The van der Waals surface area contributed by atoms with Crippen molar-refractivity contribution in [3.63, 3.8) is 0 Å². The van der Waals surface area contributed by atoms with E-state index in [0.29, 0.717) is 18.1 Å². The number of rotatable bonds is 5. The Balaban J connectivity index is 0.00000180. The standard InChI is InChI=1S/C14H17ClN2O.ClH/c1-2-9-17(13(18)14(16)7-8-14)10-11-5-3-4-6-12(11)15;/h2-6H,1,7-10,16H2;1H. The molecule has 104 valence electrons. The van der Waals surface area contributed by atoms with Crippen molar-refractivity contribution in [1.29, 1.82) is 0 Å². The molecule has 0 aromatic heterocycles. The van der Waals surface area contributed by atoms with E-state index in [1.54, 1.807) is 11.0 Å². The van der Waals surface area contributed by atoms with Gasteiger partial charge in [-0.3, -0.25) is 4.79 Å². The average molecular weight is 301 g/mol. The topological polar surface area (TPSA) is 46.3 Å². The van der Waals surface area contributed by atoms with Gasteiger partial charge in [0.15, 0.2) is 0 Å². The van der Waals surface area contributed by atoms with E-state index in [9.17, 15) is 4.79 Å². The Hall–Kier alpha value is -1.03. The molecule has 0 spiro atoms. The highest BCUT2D eigenvalue weighted by Crippen LogP contribution is 2.34. The summed E-state index contributed by atoms with van der Waals surface area (Å²) in [4.78, 5) is 14.0. The second-order valence-electron chi connectivity index (χ2n) is 4.72. The summed E-state index contributed by atoms with van der Waals surface area (Å²) in [6, 6.07) is 7.52. The van der Waals surface area contributed by atoms with Crippen molar-refractivity contribution >= 4 is 29.9 Å². The second kappa shape index (κ2) is 6.42. The zero-order chi connectivity index (χ0) is 13.2. The Morgan fingerprint density at radius 1 is 1.47 bits per heavy atom. The van der Waals surface area contributed by atoms with Gasteiger partial charge in [0, 0.05) is 18.1 Å². The van der Waals surface area contributed by atoms with Crippen molar-refractivity contribution in [3.8, 4) is 0 Å². The van der Waals surface area contributed by atoms with Gasteiger partial charge in [0.25, 0.3) is 0 Å². The first-order valence-corrected chi connectivity index (χ1v) is 6.37. The molecule has 1 amide bonds. The summed E-state index contributed by atoms with van der Waals surface area (Å²) in [6.07, 6.45) is 3.24. The van der Waals surface area contributed by atoms with E-state index in [0.717, 1.165) is 18.4 Å². The molecule has 1 aliphatic carbocycles. The van der Waals surface area contributed by atoms with Crippen LogP contribution in [0.5, 0.6) is 0 Å². The van der Waals surface area contributed by atoms with Gasteiger partial charge in [0.05, 0.1) is 5.54 Å². The molecule has 0 heterocycles. The molecule has 1 aliphatic rings. The lowest BCUT2D eigenvalue weighted by atomic mass is 10.1. The summed E-state index contributed by atoms with van der Waals surface area (Å²) in [6.45, 7) is 4.65. The maximum atomic E-state index is 12.2. The van der Waals surface area contributed by atoms with Crippen LogP contribution in [0.1, 0.15) is 18.4 Å². The number of nitrogens with zero attached hydrogens (tertiary/aromatic N) is 1. The monoisotopic (exact) mass is 300 g/mol. The average Bonchev–Trinajstić information content (AvgIpc) is 3.10. The Morgan fingerprint density at radius 3 is 2.63 bits per heavy atom. The predicted molar refractivity (Wildman–Crippen MR) is 80.5 cm³/mol. The van der Waals surface area contributed by atoms with Crippen LogP contribution in [-0.2, 0) is 11.3 Å². The fourth-order valence-corrected chi connectivity index (χ4v) is 2.07. The van der Waals surface area contributed by atoms with Gasteiger partial charge in [0.1, 0.15) is 0 Å². The number of carbonyl (C=O) groups is 1. The third-order valence-corrected chi connectivity index (χ3v) is 3.54. The van der Waals surface area contributed by atoms with Crippen LogP contribution in [0.2, 0.25) is 5.02 Å². The second-order valence-corrected chi connectivity index (χ2v) is 5.13. The molecule has 0 aliphatic heterocycles. The number of nitrogens with two attached hydrogens (primary N) is 1. The largest absolute Gasteiger partial charge is 0.333 e. The van der Waals surface area contributed by atoms with E-state index >= 15 is 0 Å². The molecule has 0 radical (unpaired) electrons. The molecule has 0 bridgehead atoms. The molecule has 1 aromatic rings. The first-order chi connectivity index (χ1) is 8.57. The minimum atomic E-state index is -0.649. The predicted octanol–water partition coefficient (Wildman–Crippen LogP) is 2.77. The molecule has 5 heteroatoms. The molecule has 3 nitrogen and oxygen atoms in total. The van der Waals surface area contributed by atoms with Crippen LogP contribution in [0, 0.1) is 0 Å². The molecule has 1 aromatic carbocycles. The van der Waals surface area contributed by atoms with Crippen molar-refractivity contribution in [2.45, 2.75) is 24.9 Å². The SMILES string of the molecule is C=CCN(Cc1ccccc1Cl)C(=O)C1(N)CC1.Cl. The molecule has 0 atom stereocenters. The van der Waals surface area contributed by atoms with Gasteiger partial charge < -0.3 is 10.6 Å². The quantitative estimate of drug-likeness (QED) is 0.850. The van der Waals surface area contributed by atoms with Crippen LogP contribution in [0.4, 0.5) is 0 Å². The van der Waals surface area contributed by atoms with E-state index in [1.165, 1.54) is 0 Å². The molecular formula is C14H18Cl2N2O. The van der Waals surface area contributed by atoms with Crippen LogP contribution < -0.4 is 5.73 Å². The fourth-order valence-electron chi connectivity index (χ4n) is 1.87. The normalized spacial score (nSPS) is 15.3. The van der Waals surface area contributed by atoms with Crippen LogP contribution in [0.3, 0.4) is 0 Å². The third-order valence-electron chi connectivity index (χ3n) is 3.17. The summed E-state index contributed by atoms with van der Waals surface area (Å²) in [5.74, 6) is -0.0117. The Kier molecular flexibility index (Phi) is 5.41. The van der Waals surface area contributed by atoms with Gasteiger partial charge >= 0.3 is 0 Å². The van der Waals surface area contributed by atoms with E-state index in [1.807, 2.05) is 24.3 Å². The summed E-state index contributed by atoms with van der Waals surface area (Å²) in [5.41, 5.74) is 6.24. The van der Waals surface area contributed by atoms with E-state index in [-0.39, 0.29) is 18.3 Å². The van der Waals surface area contributed by atoms with Gasteiger partial charge in [-0.2, -0.15) is 0 Å². The highest BCUT2D eigenvalue weighted by molar-refractivity contribution is 6.31. The molecule has 0 unspecified atom stereocenters. The smallest absolute Gasteiger partial charge is 0.243 e. The maximum absolute atomic E-state index is 12.2. The summed E-state index contributed by atoms with van der Waals surface area (Å²) < 4.78 is 0. The van der Waals surface area contributed by atoms with Crippen LogP contribution in [0.25, 0.3) is 0 Å². The highest BCUT2D eigenvalue weighted by Gasteiger charge is 2.47. The van der Waals surface area contributed by atoms with E-state index in [4.69, 9.17) is 17.3 Å². The van der Waals surface area contributed by atoms with Gasteiger partial charge in [-0.15, -0.1) is 19.0 Å². The Bertz CT molecular complexity index is 472. The third kappa shape index (κ3) is 3.72. The number of hydrogen-bond acceptors (Lipinski definition) is 2. The van der Waals surface area contributed by atoms with Crippen molar-refractivity contribution in [1.82, 2.24) is 4.90 Å². The number of halogens is 2. The zero-order valence-electron chi connectivity index (χ0n) is 10.6. The van der Waals surface area contributed by atoms with Crippen molar-refractivity contribution in [3.05, 3.63) is 47.5 Å². The first kappa shape index (κ1) is 16.0. The number of amides is 1. The molecule has 1 saturated carbocycles. The van der Waals surface area contributed by atoms with Crippen LogP contribution in [-0.4, -0.2) is 22.9 Å². The van der Waals surface area contributed by atoms with Gasteiger partial charge in [-0.1, -0.05) is 35.9 Å². The lowest BCUT2D eigenvalue weighted by Gasteiger charge is -2.24. The van der Waals surface area contributed by atoms with Gasteiger partial charge in [-0.25, -0.2) is 0 Å². The lowest BCUT2D eigenvalue weighted by molar-refractivity contribution is -0.133. The van der Waals surface area contributed by atoms with E-state index in [2.05, 4.69) is 6.58 Å². The van der Waals surface area contributed by atoms with Gasteiger partial charge in [0.2, 0.25) is 5.91 Å². The van der Waals surface area contributed by atoms with Crippen molar-refractivity contribution in [2.24, 2.45) is 5.73 Å². The number of hydrogen-bond donors (Lipinski definition) is 1. The Morgan fingerprint density at radius 2 is 2.11 bits per heavy atom. The van der Waals surface area contributed by atoms with E-state index < -0.39 is 5.54 Å². The number of carbonyl (C=O) groups excluding carboxylic acids is 1. The number of benzene rings is 1. The van der Waals surface area contributed by atoms with Crippen LogP contribution >= 0.6 is 24.0 Å². The molecule has 19 heavy (non-hydrogen) atoms. The first-order valence-electron chi connectivity index (χ1n) is 5.99. The van der Waals surface area contributed by atoms with Gasteiger partial charge in [-0.05, 0) is 24.5 Å². The Labute approximate surface area is 124 Å². The van der Waals surface area contributed by atoms with Crippen molar-refractivity contribution < 1.29 is 4.79 Å². The molecule has 2 N–H and O–H groups in total. The molecule has 1 fully saturated rings.